The van der Waals surface area contributed by atoms with Crippen LogP contribution in [0.1, 0.15) is 62.6 Å². The molecule has 0 aliphatic rings. The molecule has 0 aliphatic heterocycles. The second-order valence-corrected chi connectivity index (χ2v) is 12.0. The Bertz CT molecular complexity index is 1630. The average Bonchev–Trinajstić information content (AvgIpc) is 3.52. The van der Waals surface area contributed by atoms with E-state index in [1.807, 2.05) is 42.5 Å². The number of aromatic nitrogens is 3. The minimum absolute atomic E-state index is 0.0110. The van der Waals surface area contributed by atoms with Crippen molar-refractivity contribution in [2.75, 3.05) is 13.2 Å². The van der Waals surface area contributed by atoms with E-state index in [1.54, 1.807) is 6.20 Å². The molecule has 3 aromatic rings. The normalized spacial score (nSPS) is 12.8. The number of carboxylic acids is 3. The monoisotopic (exact) mass is 697 g/mol. The molecule has 0 bridgehead atoms. The zero-order valence-corrected chi connectivity index (χ0v) is 27.6. The third-order valence-electron chi connectivity index (χ3n) is 8.00. The van der Waals surface area contributed by atoms with Crippen LogP contribution in [-0.2, 0) is 43.4 Å². The fraction of sp³-hybridized carbons (Fsp3) is 0.471. The van der Waals surface area contributed by atoms with E-state index in [9.17, 15) is 43.4 Å². The number of Topliss-reactive ketones (excluding diaryl/α,β-unsaturated/α-hetero) is 1. The van der Waals surface area contributed by atoms with Crippen molar-refractivity contribution in [3.63, 3.8) is 0 Å². The summed E-state index contributed by atoms with van der Waals surface area (Å²) in [5.41, 5.74) is 1.54. The maximum absolute atomic E-state index is 13.4. The number of rotatable bonds is 23. The number of carbonyl (C=O) groups is 6. The molecule has 3 rings (SSSR count). The maximum Gasteiger partial charge on any atom is 0.326 e. The molecule has 50 heavy (non-hydrogen) atoms. The first-order valence-corrected chi connectivity index (χ1v) is 16.4. The van der Waals surface area contributed by atoms with Gasteiger partial charge in [-0.25, -0.2) is 23.5 Å². The largest absolute Gasteiger partial charge is 0.481 e. The van der Waals surface area contributed by atoms with Gasteiger partial charge < -0.3 is 31.3 Å². The van der Waals surface area contributed by atoms with Gasteiger partial charge in [0.15, 0.2) is 0 Å². The molecular formula is C34H43FN6O9. The first-order valence-electron chi connectivity index (χ1n) is 16.4. The van der Waals surface area contributed by atoms with E-state index < -0.39 is 55.0 Å². The van der Waals surface area contributed by atoms with Crippen LogP contribution in [0.4, 0.5) is 9.18 Å². The number of halogens is 1. The van der Waals surface area contributed by atoms with Crippen LogP contribution in [0.2, 0.25) is 0 Å². The number of aryl methyl sites for hydroxylation is 2. The number of amides is 3. The van der Waals surface area contributed by atoms with Gasteiger partial charge in [0, 0.05) is 37.9 Å². The third kappa shape index (κ3) is 13.6. The Balaban J connectivity index is 1.52. The number of benzene rings is 2. The highest BCUT2D eigenvalue weighted by Crippen LogP contribution is 2.21. The van der Waals surface area contributed by atoms with Gasteiger partial charge in [-0.1, -0.05) is 47.7 Å². The van der Waals surface area contributed by atoms with Crippen LogP contribution in [0.25, 0.3) is 10.8 Å². The predicted octanol–water partition coefficient (Wildman–Crippen LogP) is 2.90. The molecular weight excluding hydrogens is 654 g/mol. The van der Waals surface area contributed by atoms with Crippen molar-refractivity contribution >= 4 is 46.4 Å². The highest BCUT2D eigenvalue weighted by atomic mass is 18.2. The Morgan fingerprint density at radius 3 is 2.22 bits per heavy atom. The van der Waals surface area contributed by atoms with E-state index in [2.05, 4.69) is 26.3 Å². The number of unbranched alkanes of at least 4 members (excludes halogenated alkanes) is 1. The average molecular weight is 698 g/mol. The summed E-state index contributed by atoms with van der Waals surface area (Å²) in [5, 5.41) is 44.5. The quantitative estimate of drug-likeness (QED) is 0.0789. The number of carbonyl (C=O) groups excluding carboxylic acids is 3. The number of nitrogens with one attached hydrogen (secondary N) is 3. The van der Waals surface area contributed by atoms with Gasteiger partial charge in [0.25, 0.3) is 0 Å². The van der Waals surface area contributed by atoms with Crippen LogP contribution in [0.15, 0.2) is 48.7 Å². The Labute approximate surface area is 287 Å². The molecule has 1 aromatic heterocycles. The molecule has 0 saturated heterocycles. The van der Waals surface area contributed by atoms with E-state index in [4.69, 9.17) is 5.11 Å². The zero-order chi connectivity index (χ0) is 36.5. The number of alkyl halides is 1. The second-order valence-electron chi connectivity index (χ2n) is 12.0. The molecule has 15 nitrogen and oxygen atoms in total. The van der Waals surface area contributed by atoms with Gasteiger partial charge in [-0.3, -0.25) is 14.4 Å². The summed E-state index contributed by atoms with van der Waals surface area (Å²) >= 11 is 0. The SMILES string of the molecule is O=C(O)CCC(NC(=O)NC(CCCCNC(=O)C(CC(=O)CCCc1cn(CC[18F])nn1)Cc1ccc2ccccc2c1)C(=O)O)C(=O)O. The summed E-state index contributed by atoms with van der Waals surface area (Å²) in [7, 11) is 0. The van der Waals surface area contributed by atoms with E-state index >= 15 is 0 Å². The Morgan fingerprint density at radius 1 is 0.840 bits per heavy atom. The fourth-order valence-corrected chi connectivity index (χ4v) is 5.37. The van der Waals surface area contributed by atoms with Crippen molar-refractivity contribution < 1.29 is 48.5 Å². The number of carboxylic acid groups (broad SMARTS) is 3. The molecule has 1 heterocycles. The van der Waals surface area contributed by atoms with Crippen LogP contribution in [0, 0.1) is 5.92 Å². The van der Waals surface area contributed by atoms with Gasteiger partial charge in [-0.2, -0.15) is 0 Å². The number of ketones is 1. The molecule has 0 saturated carbocycles. The number of fused-ring (bicyclic) bond motifs is 1. The lowest BCUT2D eigenvalue weighted by Crippen LogP contribution is -2.51. The van der Waals surface area contributed by atoms with Crippen molar-refractivity contribution in [3.05, 3.63) is 59.9 Å². The summed E-state index contributed by atoms with van der Waals surface area (Å²) in [6.45, 7) is -0.265. The molecule has 6 N–H and O–H groups in total. The van der Waals surface area contributed by atoms with E-state index in [-0.39, 0.29) is 56.9 Å². The Hall–Kier alpha value is -5.41. The predicted molar refractivity (Wildman–Crippen MR) is 178 cm³/mol. The fourth-order valence-electron chi connectivity index (χ4n) is 5.37. The smallest absolute Gasteiger partial charge is 0.326 e. The summed E-state index contributed by atoms with van der Waals surface area (Å²) in [6.07, 6.45) is 2.91. The first-order chi connectivity index (χ1) is 23.9. The maximum atomic E-state index is 13.4. The molecule has 0 spiro atoms. The number of urea groups is 1. The summed E-state index contributed by atoms with van der Waals surface area (Å²) in [5.74, 6) is -5.13. The molecule has 16 heteroatoms. The van der Waals surface area contributed by atoms with Crippen LogP contribution >= 0.6 is 0 Å². The highest BCUT2D eigenvalue weighted by molar-refractivity contribution is 5.88. The third-order valence-corrected chi connectivity index (χ3v) is 8.00. The van der Waals surface area contributed by atoms with Gasteiger partial charge in [-0.05, 0) is 61.3 Å². The van der Waals surface area contributed by atoms with Crippen LogP contribution in [0.3, 0.4) is 0 Å². The van der Waals surface area contributed by atoms with Crippen LogP contribution < -0.4 is 16.0 Å². The molecule has 2 aromatic carbocycles. The lowest BCUT2D eigenvalue weighted by Gasteiger charge is -2.19. The number of hydrogen-bond donors (Lipinski definition) is 6. The number of nitrogens with zero attached hydrogens (tertiary/aromatic N) is 3. The summed E-state index contributed by atoms with van der Waals surface area (Å²) < 4.78 is 13.9. The number of aliphatic carboxylic acids is 3. The van der Waals surface area contributed by atoms with Gasteiger partial charge in [0.05, 0.1) is 12.2 Å². The van der Waals surface area contributed by atoms with Crippen LogP contribution in [0.5, 0.6) is 0 Å². The van der Waals surface area contributed by atoms with Gasteiger partial charge in [0.2, 0.25) is 5.91 Å². The van der Waals surface area contributed by atoms with Crippen molar-refractivity contribution in [1.82, 2.24) is 30.9 Å². The highest BCUT2D eigenvalue weighted by Gasteiger charge is 2.25. The van der Waals surface area contributed by atoms with Crippen molar-refractivity contribution in [3.8, 4) is 0 Å². The summed E-state index contributed by atoms with van der Waals surface area (Å²) in [6, 6.07) is 9.74. The minimum atomic E-state index is -1.51. The molecule has 3 atom stereocenters. The van der Waals surface area contributed by atoms with E-state index in [0.717, 1.165) is 16.3 Å². The molecule has 270 valence electrons. The second kappa shape index (κ2) is 20.2. The summed E-state index contributed by atoms with van der Waals surface area (Å²) in [4.78, 5) is 72.4. The van der Waals surface area contributed by atoms with E-state index in [1.165, 1.54) is 4.68 Å². The first kappa shape index (κ1) is 39.0. The molecule has 3 unspecified atom stereocenters. The lowest BCUT2D eigenvalue weighted by atomic mass is 9.91. The van der Waals surface area contributed by atoms with Crippen LogP contribution in [-0.4, -0.2) is 91.2 Å². The standard InChI is InChI=1S/C34H43FN6O9/c35-15-17-41-21-26(39-40-41)8-5-9-27(42)20-25(19-22-11-12-23-6-1-2-7-24(23)18-22)31(45)36-16-4-3-10-28(32(46)47)37-34(50)38-29(33(48)49)13-14-30(43)44/h1-2,6-7,11-12,18,21,25,28-29H,3-5,8-10,13-17,19-20H2,(H,36,45)(H,43,44)(H,46,47)(H,48,49)(H2,37,38,50)/i35-1. The number of hydrogen-bond acceptors (Lipinski definition) is 8. The molecule has 0 radical (unpaired) electrons. The van der Waals surface area contributed by atoms with Gasteiger partial charge in [0.1, 0.15) is 24.5 Å². The Morgan fingerprint density at radius 2 is 1.54 bits per heavy atom. The lowest BCUT2D eigenvalue weighted by molar-refractivity contribution is -0.141. The minimum Gasteiger partial charge on any atom is -0.481 e. The van der Waals surface area contributed by atoms with E-state index in [0.29, 0.717) is 31.4 Å². The van der Waals surface area contributed by atoms with Gasteiger partial charge in [-0.15, -0.1) is 5.10 Å². The topological polar surface area (TPSA) is 230 Å². The van der Waals surface area contributed by atoms with Crippen molar-refractivity contribution in [1.29, 1.82) is 0 Å². The van der Waals surface area contributed by atoms with Crippen molar-refractivity contribution in [2.45, 2.75) is 82.8 Å². The Kier molecular flexibility index (Phi) is 15.8. The van der Waals surface area contributed by atoms with Gasteiger partial charge >= 0.3 is 23.9 Å². The zero-order valence-electron chi connectivity index (χ0n) is 27.6. The molecule has 0 fully saturated rings. The molecule has 3 amide bonds. The molecule has 0 aliphatic carbocycles. The van der Waals surface area contributed by atoms with Crippen molar-refractivity contribution in [2.24, 2.45) is 5.92 Å².